The van der Waals surface area contributed by atoms with Gasteiger partial charge in [0.25, 0.3) is 10.0 Å². The normalized spacial score (nSPS) is 12.2. The molecule has 0 bridgehead atoms. The van der Waals surface area contributed by atoms with Crippen LogP contribution in [0.1, 0.15) is 31.9 Å². The average molecular weight is 376 g/mol. The zero-order valence-corrected chi connectivity index (χ0v) is 16.4. The summed E-state index contributed by atoms with van der Waals surface area (Å²) in [4.78, 5) is 2.38. The van der Waals surface area contributed by atoms with Gasteiger partial charge in [0.15, 0.2) is 11.5 Å². The molecular weight excluding hydrogens is 352 g/mol. The molecule has 0 saturated carbocycles. The van der Waals surface area contributed by atoms with Crippen LogP contribution in [-0.4, -0.2) is 28.9 Å². The van der Waals surface area contributed by atoms with Crippen LogP contribution in [0.4, 0.5) is 0 Å². The molecule has 0 aliphatic carbocycles. The van der Waals surface area contributed by atoms with E-state index in [9.17, 15) is 8.42 Å². The van der Waals surface area contributed by atoms with Gasteiger partial charge in [-0.3, -0.25) is 0 Å². The van der Waals surface area contributed by atoms with Crippen molar-refractivity contribution in [1.29, 1.82) is 0 Å². The Morgan fingerprint density at radius 3 is 2.12 bits per heavy atom. The first-order chi connectivity index (χ1) is 12.2. The molecule has 0 amide bonds. The van der Waals surface area contributed by atoms with Gasteiger partial charge in [-0.1, -0.05) is 32.9 Å². The second-order valence-corrected chi connectivity index (χ2v) is 8.40. The zero-order chi connectivity index (χ0) is 19.4. The molecule has 2 rings (SSSR count). The monoisotopic (exact) mass is 376 g/mol. The Kier molecular flexibility index (Phi) is 5.92. The number of hydrazone groups is 1. The molecule has 7 heteroatoms. The van der Waals surface area contributed by atoms with Crippen LogP contribution >= 0.6 is 0 Å². The van der Waals surface area contributed by atoms with Crippen LogP contribution in [0.2, 0.25) is 0 Å². The van der Waals surface area contributed by atoms with E-state index in [0.29, 0.717) is 17.1 Å². The highest BCUT2D eigenvalue weighted by Gasteiger charge is 2.17. The molecular formula is C19H24N2O4S. The molecule has 0 heterocycles. The van der Waals surface area contributed by atoms with Crippen molar-refractivity contribution in [3.05, 3.63) is 53.6 Å². The molecule has 0 saturated heterocycles. The lowest BCUT2D eigenvalue weighted by molar-refractivity contribution is 0.355. The number of methoxy groups -OCH3 is 2. The predicted octanol–water partition coefficient (Wildman–Crippen LogP) is 3.31. The van der Waals surface area contributed by atoms with Crippen molar-refractivity contribution in [2.75, 3.05) is 14.2 Å². The lowest BCUT2D eigenvalue weighted by Gasteiger charge is -2.19. The van der Waals surface area contributed by atoms with Gasteiger partial charge >= 0.3 is 0 Å². The van der Waals surface area contributed by atoms with E-state index in [1.54, 1.807) is 37.4 Å². The summed E-state index contributed by atoms with van der Waals surface area (Å²) >= 11 is 0. The van der Waals surface area contributed by atoms with Crippen molar-refractivity contribution < 1.29 is 17.9 Å². The molecule has 0 fully saturated rings. The summed E-state index contributed by atoms with van der Waals surface area (Å²) in [6.07, 6.45) is 1.41. The van der Waals surface area contributed by atoms with E-state index in [0.717, 1.165) is 5.56 Å². The van der Waals surface area contributed by atoms with Crippen LogP contribution in [0.5, 0.6) is 11.5 Å². The second-order valence-electron chi connectivity index (χ2n) is 6.74. The van der Waals surface area contributed by atoms with Crippen LogP contribution in [0.25, 0.3) is 0 Å². The minimum Gasteiger partial charge on any atom is -0.493 e. The molecule has 0 atom stereocenters. The van der Waals surface area contributed by atoms with E-state index in [-0.39, 0.29) is 10.3 Å². The Balaban J connectivity index is 2.14. The summed E-state index contributed by atoms with van der Waals surface area (Å²) in [5.74, 6) is 1.13. The summed E-state index contributed by atoms with van der Waals surface area (Å²) in [6.45, 7) is 6.21. The molecule has 0 aliphatic heterocycles. The molecule has 2 aromatic carbocycles. The van der Waals surface area contributed by atoms with Crippen molar-refractivity contribution in [2.45, 2.75) is 31.1 Å². The number of hydrogen-bond donors (Lipinski definition) is 1. The molecule has 26 heavy (non-hydrogen) atoms. The van der Waals surface area contributed by atoms with Gasteiger partial charge in [-0.2, -0.15) is 13.5 Å². The maximum atomic E-state index is 12.3. The Morgan fingerprint density at radius 2 is 1.58 bits per heavy atom. The quantitative estimate of drug-likeness (QED) is 0.620. The largest absolute Gasteiger partial charge is 0.493 e. The number of rotatable bonds is 6. The Labute approximate surface area is 154 Å². The van der Waals surface area contributed by atoms with Crippen molar-refractivity contribution in [2.24, 2.45) is 5.10 Å². The van der Waals surface area contributed by atoms with E-state index >= 15 is 0 Å². The van der Waals surface area contributed by atoms with E-state index in [1.807, 2.05) is 12.1 Å². The molecule has 0 radical (unpaired) electrons. The van der Waals surface area contributed by atoms with E-state index < -0.39 is 10.0 Å². The summed E-state index contributed by atoms with van der Waals surface area (Å²) in [7, 11) is -0.648. The Morgan fingerprint density at radius 1 is 0.962 bits per heavy atom. The summed E-state index contributed by atoms with van der Waals surface area (Å²) in [6, 6.07) is 12.0. The highest BCUT2D eigenvalue weighted by molar-refractivity contribution is 7.89. The fourth-order valence-electron chi connectivity index (χ4n) is 2.29. The van der Waals surface area contributed by atoms with Gasteiger partial charge in [0.05, 0.1) is 25.3 Å². The van der Waals surface area contributed by atoms with Gasteiger partial charge in [0.1, 0.15) is 0 Å². The first-order valence-electron chi connectivity index (χ1n) is 8.05. The zero-order valence-electron chi connectivity index (χ0n) is 15.6. The van der Waals surface area contributed by atoms with Crippen LogP contribution in [0, 0.1) is 0 Å². The number of hydrogen-bond acceptors (Lipinski definition) is 5. The van der Waals surface area contributed by atoms with Crippen molar-refractivity contribution >= 4 is 16.2 Å². The molecule has 0 aliphatic rings. The first-order valence-corrected chi connectivity index (χ1v) is 9.53. The minimum atomic E-state index is -3.73. The third kappa shape index (κ3) is 4.76. The first kappa shape index (κ1) is 19.8. The van der Waals surface area contributed by atoms with Gasteiger partial charge in [-0.05, 0) is 46.9 Å². The van der Waals surface area contributed by atoms with Crippen LogP contribution in [0.3, 0.4) is 0 Å². The predicted molar refractivity (Wildman–Crippen MR) is 103 cm³/mol. The van der Waals surface area contributed by atoms with Gasteiger partial charge in [0, 0.05) is 0 Å². The van der Waals surface area contributed by atoms with Crippen molar-refractivity contribution in [3.63, 3.8) is 0 Å². The third-order valence-corrected chi connectivity index (χ3v) is 5.06. The Hall–Kier alpha value is -2.54. The standard InChI is InChI=1S/C19H24N2O4S/c1-19(2,3)15-7-9-16(10-8-15)26(22,23)21-20-13-14-6-11-17(24-4)18(12-14)25-5/h6-13,21H,1-5H3. The molecule has 2 aromatic rings. The second kappa shape index (κ2) is 7.78. The molecule has 6 nitrogen and oxygen atoms in total. The van der Waals surface area contributed by atoms with E-state index in [1.165, 1.54) is 13.3 Å². The number of sulfonamides is 1. The van der Waals surface area contributed by atoms with Gasteiger partial charge in [0.2, 0.25) is 0 Å². The lowest BCUT2D eigenvalue weighted by Crippen LogP contribution is -2.19. The summed E-state index contributed by atoms with van der Waals surface area (Å²) in [5, 5.41) is 3.83. The fraction of sp³-hybridized carbons (Fsp3) is 0.316. The number of nitrogens with zero attached hydrogens (tertiary/aromatic N) is 1. The fourth-order valence-corrected chi connectivity index (χ4v) is 3.08. The Bertz CT molecular complexity index is 883. The van der Waals surface area contributed by atoms with Crippen molar-refractivity contribution in [3.8, 4) is 11.5 Å². The lowest BCUT2D eigenvalue weighted by atomic mass is 9.87. The maximum absolute atomic E-state index is 12.3. The van der Waals surface area contributed by atoms with E-state index in [2.05, 4.69) is 30.7 Å². The SMILES string of the molecule is COc1ccc(C=NNS(=O)(=O)c2ccc(C(C)(C)C)cc2)cc1OC. The molecule has 1 N–H and O–H groups in total. The highest BCUT2D eigenvalue weighted by atomic mass is 32.2. The summed E-state index contributed by atoms with van der Waals surface area (Å²) in [5.41, 5.74) is 1.69. The molecule has 0 unspecified atom stereocenters. The van der Waals surface area contributed by atoms with Crippen LogP contribution in [-0.2, 0) is 15.4 Å². The molecule has 0 aromatic heterocycles. The van der Waals surface area contributed by atoms with Gasteiger partial charge < -0.3 is 9.47 Å². The average Bonchev–Trinajstić information content (AvgIpc) is 2.60. The maximum Gasteiger partial charge on any atom is 0.276 e. The van der Waals surface area contributed by atoms with Gasteiger partial charge in [-0.15, -0.1) is 0 Å². The van der Waals surface area contributed by atoms with Crippen LogP contribution in [0.15, 0.2) is 52.5 Å². The third-order valence-electron chi connectivity index (χ3n) is 3.82. The van der Waals surface area contributed by atoms with E-state index in [4.69, 9.17) is 9.47 Å². The summed E-state index contributed by atoms with van der Waals surface area (Å²) < 4.78 is 35.0. The van der Waals surface area contributed by atoms with Crippen molar-refractivity contribution in [1.82, 2.24) is 4.83 Å². The van der Waals surface area contributed by atoms with Gasteiger partial charge in [-0.25, -0.2) is 4.83 Å². The number of ether oxygens (including phenoxy) is 2. The molecule has 140 valence electrons. The highest BCUT2D eigenvalue weighted by Crippen LogP contribution is 2.27. The number of benzene rings is 2. The smallest absolute Gasteiger partial charge is 0.276 e. The molecule has 0 spiro atoms. The number of nitrogens with one attached hydrogen (secondary N) is 1. The van der Waals surface area contributed by atoms with Crippen LogP contribution < -0.4 is 14.3 Å². The minimum absolute atomic E-state index is 0.0404. The topological polar surface area (TPSA) is 77.0 Å².